The predicted molar refractivity (Wildman–Crippen MR) is 63.2 cm³/mol. The van der Waals surface area contributed by atoms with Crippen molar-refractivity contribution in [2.45, 2.75) is 19.3 Å². The van der Waals surface area contributed by atoms with Crippen molar-refractivity contribution in [2.75, 3.05) is 20.2 Å². The molecule has 1 heterocycles. The molecule has 0 aromatic heterocycles. The van der Waals surface area contributed by atoms with Crippen molar-refractivity contribution in [3.63, 3.8) is 0 Å². The van der Waals surface area contributed by atoms with Crippen molar-refractivity contribution in [1.29, 1.82) is 0 Å². The summed E-state index contributed by atoms with van der Waals surface area (Å²) in [6, 6.07) is 5.90. The van der Waals surface area contributed by atoms with Gasteiger partial charge in [-0.3, -0.25) is 4.79 Å². The molecule has 0 spiro atoms. The zero-order chi connectivity index (χ0) is 11.5. The molecule has 1 fully saturated rings. The molecule has 3 heteroatoms. The first-order valence-corrected chi connectivity index (χ1v) is 5.62. The van der Waals surface area contributed by atoms with Gasteiger partial charge in [0.25, 0.3) is 0 Å². The van der Waals surface area contributed by atoms with Crippen LogP contribution >= 0.6 is 0 Å². The standard InChI is InChI=1S/C13H17NO2/c1-9(15)12-4-3-10(7-13(12)16-2)11-5-6-14-8-11/h3-4,7,11,14H,5-6,8H2,1-2H3. The first-order chi connectivity index (χ1) is 7.72. The van der Waals surface area contributed by atoms with Crippen LogP contribution in [0.3, 0.4) is 0 Å². The number of nitrogens with one attached hydrogen (secondary N) is 1. The van der Waals surface area contributed by atoms with Gasteiger partial charge in [0.15, 0.2) is 5.78 Å². The maximum absolute atomic E-state index is 11.4. The zero-order valence-corrected chi connectivity index (χ0v) is 9.75. The average molecular weight is 219 g/mol. The second kappa shape index (κ2) is 4.66. The third-order valence-electron chi connectivity index (χ3n) is 3.14. The number of methoxy groups -OCH3 is 1. The van der Waals surface area contributed by atoms with Gasteiger partial charge in [0.1, 0.15) is 5.75 Å². The van der Waals surface area contributed by atoms with E-state index in [0.717, 1.165) is 19.5 Å². The molecule has 0 bridgehead atoms. The number of ether oxygens (including phenoxy) is 1. The highest BCUT2D eigenvalue weighted by Crippen LogP contribution is 2.28. The van der Waals surface area contributed by atoms with E-state index in [4.69, 9.17) is 4.74 Å². The minimum atomic E-state index is 0.0490. The van der Waals surface area contributed by atoms with Gasteiger partial charge in [-0.2, -0.15) is 0 Å². The van der Waals surface area contributed by atoms with Crippen LogP contribution in [0, 0.1) is 0 Å². The summed E-state index contributed by atoms with van der Waals surface area (Å²) in [6.45, 7) is 3.65. The number of carbonyl (C=O) groups is 1. The molecule has 1 aromatic carbocycles. The van der Waals surface area contributed by atoms with Gasteiger partial charge in [-0.15, -0.1) is 0 Å². The number of carbonyl (C=O) groups excluding carboxylic acids is 1. The minimum Gasteiger partial charge on any atom is -0.496 e. The molecule has 0 saturated carbocycles. The van der Waals surface area contributed by atoms with Crippen LogP contribution in [-0.2, 0) is 0 Å². The summed E-state index contributed by atoms with van der Waals surface area (Å²) in [5, 5.41) is 3.34. The van der Waals surface area contributed by atoms with E-state index < -0.39 is 0 Å². The van der Waals surface area contributed by atoms with Gasteiger partial charge in [0.2, 0.25) is 0 Å². The molecule has 0 radical (unpaired) electrons. The molecular weight excluding hydrogens is 202 g/mol. The van der Waals surface area contributed by atoms with Gasteiger partial charge >= 0.3 is 0 Å². The molecule has 0 aliphatic carbocycles. The maximum Gasteiger partial charge on any atom is 0.163 e. The van der Waals surface area contributed by atoms with Gasteiger partial charge in [-0.05, 0) is 43.5 Å². The van der Waals surface area contributed by atoms with E-state index in [0.29, 0.717) is 17.2 Å². The summed E-state index contributed by atoms with van der Waals surface area (Å²) in [5.41, 5.74) is 1.92. The lowest BCUT2D eigenvalue weighted by Crippen LogP contribution is -2.08. The van der Waals surface area contributed by atoms with E-state index in [1.165, 1.54) is 5.56 Å². The van der Waals surface area contributed by atoms with Crippen LogP contribution in [0.4, 0.5) is 0 Å². The summed E-state index contributed by atoms with van der Waals surface area (Å²) >= 11 is 0. The third kappa shape index (κ3) is 2.09. The number of hydrogen-bond donors (Lipinski definition) is 1. The smallest absolute Gasteiger partial charge is 0.163 e. The van der Waals surface area contributed by atoms with Crippen molar-refractivity contribution in [1.82, 2.24) is 5.32 Å². The number of rotatable bonds is 3. The monoisotopic (exact) mass is 219 g/mol. The quantitative estimate of drug-likeness (QED) is 0.790. The second-order valence-electron chi connectivity index (χ2n) is 4.21. The fourth-order valence-electron chi connectivity index (χ4n) is 2.19. The van der Waals surface area contributed by atoms with Crippen LogP contribution in [0.1, 0.15) is 35.2 Å². The lowest BCUT2D eigenvalue weighted by molar-refractivity contribution is 0.101. The maximum atomic E-state index is 11.4. The molecule has 1 aromatic rings. The molecule has 16 heavy (non-hydrogen) atoms. The number of hydrogen-bond acceptors (Lipinski definition) is 3. The number of benzene rings is 1. The summed E-state index contributed by atoms with van der Waals surface area (Å²) < 4.78 is 5.27. The molecule has 2 rings (SSSR count). The fraction of sp³-hybridized carbons (Fsp3) is 0.462. The van der Waals surface area contributed by atoms with Crippen molar-refractivity contribution in [2.24, 2.45) is 0 Å². The Morgan fingerprint density at radius 3 is 2.88 bits per heavy atom. The minimum absolute atomic E-state index is 0.0490. The highest BCUT2D eigenvalue weighted by molar-refractivity contribution is 5.96. The van der Waals surface area contributed by atoms with Gasteiger partial charge in [-0.25, -0.2) is 0 Å². The first-order valence-electron chi connectivity index (χ1n) is 5.62. The van der Waals surface area contributed by atoms with Crippen LogP contribution < -0.4 is 10.1 Å². The molecular formula is C13H17NO2. The molecule has 1 atom stereocenters. The lowest BCUT2D eigenvalue weighted by atomic mass is 9.96. The molecule has 1 unspecified atom stereocenters. The van der Waals surface area contributed by atoms with Crippen LogP contribution in [-0.4, -0.2) is 26.0 Å². The number of ketones is 1. The Morgan fingerprint density at radius 1 is 1.50 bits per heavy atom. The van der Waals surface area contributed by atoms with E-state index in [1.807, 2.05) is 18.2 Å². The SMILES string of the molecule is COc1cc(C2CCNC2)ccc1C(C)=O. The highest BCUT2D eigenvalue weighted by atomic mass is 16.5. The lowest BCUT2D eigenvalue weighted by Gasteiger charge is -2.12. The zero-order valence-electron chi connectivity index (χ0n) is 9.75. The summed E-state index contributed by atoms with van der Waals surface area (Å²) in [6.07, 6.45) is 1.16. The van der Waals surface area contributed by atoms with E-state index in [1.54, 1.807) is 14.0 Å². The normalized spacial score (nSPS) is 19.8. The predicted octanol–water partition coefficient (Wildman–Crippen LogP) is 1.97. The van der Waals surface area contributed by atoms with Crippen molar-refractivity contribution < 1.29 is 9.53 Å². The van der Waals surface area contributed by atoms with Gasteiger partial charge in [-0.1, -0.05) is 6.07 Å². The van der Waals surface area contributed by atoms with E-state index in [2.05, 4.69) is 5.32 Å². The van der Waals surface area contributed by atoms with E-state index >= 15 is 0 Å². The Kier molecular flexibility index (Phi) is 3.25. The topological polar surface area (TPSA) is 38.3 Å². The molecule has 3 nitrogen and oxygen atoms in total. The molecule has 86 valence electrons. The first kappa shape index (κ1) is 11.1. The summed E-state index contributed by atoms with van der Waals surface area (Å²) in [7, 11) is 1.61. The van der Waals surface area contributed by atoms with Crippen molar-refractivity contribution in [3.8, 4) is 5.75 Å². The summed E-state index contributed by atoms with van der Waals surface area (Å²) in [4.78, 5) is 11.4. The largest absolute Gasteiger partial charge is 0.496 e. The van der Waals surface area contributed by atoms with Crippen molar-refractivity contribution >= 4 is 5.78 Å². The van der Waals surface area contributed by atoms with Gasteiger partial charge in [0, 0.05) is 6.54 Å². The number of Topliss-reactive ketones (excluding diaryl/α,β-unsaturated/α-hetero) is 1. The Bertz CT molecular complexity index is 395. The fourth-order valence-corrected chi connectivity index (χ4v) is 2.19. The highest BCUT2D eigenvalue weighted by Gasteiger charge is 2.18. The van der Waals surface area contributed by atoms with Crippen LogP contribution in [0.15, 0.2) is 18.2 Å². The van der Waals surface area contributed by atoms with Crippen LogP contribution in [0.2, 0.25) is 0 Å². The Hall–Kier alpha value is -1.35. The Morgan fingerprint density at radius 2 is 2.31 bits per heavy atom. The second-order valence-corrected chi connectivity index (χ2v) is 4.21. The van der Waals surface area contributed by atoms with Gasteiger partial charge in [0.05, 0.1) is 12.7 Å². The molecule has 1 aliphatic rings. The van der Waals surface area contributed by atoms with Crippen LogP contribution in [0.25, 0.3) is 0 Å². The van der Waals surface area contributed by atoms with E-state index in [9.17, 15) is 4.79 Å². The van der Waals surface area contributed by atoms with Gasteiger partial charge < -0.3 is 10.1 Å². The molecule has 0 amide bonds. The summed E-state index contributed by atoms with van der Waals surface area (Å²) in [5.74, 6) is 1.29. The van der Waals surface area contributed by atoms with Crippen molar-refractivity contribution in [3.05, 3.63) is 29.3 Å². The molecule has 1 aliphatic heterocycles. The Labute approximate surface area is 95.8 Å². The van der Waals surface area contributed by atoms with E-state index in [-0.39, 0.29) is 5.78 Å². The van der Waals surface area contributed by atoms with Crippen LogP contribution in [0.5, 0.6) is 5.75 Å². The molecule has 1 N–H and O–H groups in total. The third-order valence-corrected chi connectivity index (χ3v) is 3.14. The Balaban J connectivity index is 2.32. The average Bonchev–Trinajstić information content (AvgIpc) is 2.81. The molecule has 1 saturated heterocycles.